The molecule has 2 saturated heterocycles. The molecule has 0 spiro atoms. The number of hydrogen-bond donors (Lipinski definition) is 6. The monoisotopic (exact) mass is 550 g/mol. The first kappa shape index (κ1) is 28.9. The first-order valence-electron chi connectivity index (χ1n) is 12.1. The summed E-state index contributed by atoms with van der Waals surface area (Å²) in [6, 6.07) is 11.2. The third-order valence-corrected chi connectivity index (χ3v) is 6.49. The Hall–Kier alpha value is -3.14. The third kappa shape index (κ3) is 6.37. The van der Waals surface area contributed by atoms with E-state index in [2.05, 4.69) is 0 Å². The van der Waals surface area contributed by atoms with E-state index >= 15 is 0 Å². The Labute approximate surface area is 222 Å². The molecule has 13 heteroatoms. The van der Waals surface area contributed by atoms with Crippen LogP contribution in [0.1, 0.15) is 27.6 Å². The van der Waals surface area contributed by atoms with Crippen molar-refractivity contribution in [3.63, 3.8) is 0 Å². The zero-order valence-corrected chi connectivity index (χ0v) is 20.8. The molecule has 0 aliphatic carbocycles. The average Bonchev–Trinajstić information content (AvgIpc) is 3.20. The van der Waals surface area contributed by atoms with Gasteiger partial charge in [-0.3, -0.25) is 4.79 Å². The molecular formula is C26H30O13. The van der Waals surface area contributed by atoms with Crippen molar-refractivity contribution in [1.82, 2.24) is 0 Å². The molecule has 0 bridgehead atoms. The minimum Gasteiger partial charge on any atom is -0.508 e. The molecule has 2 aromatic rings. The van der Waals surface area contributed by atoms with Gasteiger partial charge in [0.15, 0.2) is 23.8 Å². The summed E-state index contributed by atoms with van der Waals surface area (Å²) in [7, 11) is 0. The van der Waals surface area contributed by atoms with Crippen LogP contribution in [-0.2, 0) is 18.9 Å². The van der Waals surface area contributed by atoms with E-state index in [0.717, 1.165) is 0 Å². The SMILES string of the molecule is CC(=O)c1ccc(OC2OC(CO)C(O)C(O)C2OC2OCC(O)(COC(=O)c3ccc(O)cc3)C2O)cc1. The lowest BCUT2D eigenvalue weighted by atomic mass is 9.98. The number of Topliss-reactive ketones (excluding diaryl/α,β-unsaturated/α-hetero) is 1. The lowest BCUT2D eigenvalue weighted by Crippen LogP contribution is -2.62. The number of aliphatic hydroxyl groups excluding tert-OH is 4. The number of carbonyl (C=O) groups is 2. The maximum atomic E-state index is 12.3. The van der Waals surface area contributed by atoms with Crippen molar-refractivity contribution in [3.8, 4) is 11.5 Å². The molecule has 2 aliphatic rings. The molecule has 39 heavy (non-hydrogen) atoms. The number of esters is 1. The highest BCUT2D eigenvalue weighted by molar-refractivity contribution is 5.94. The molecule has 212 valence electrons. The first-order chi connectivity index (χ1) is 18.5. The number of ether oxygens (including phenoxy) is 5. The van der Waals surface area contributed by atoms with Gasteiger partial charge >= 0.3 is 5.97 Å². The van der Waals surface area contributed by atoms with Crippen LogP contribution in [0.25, 0.3) is 0 Å². The zero-order valence-electron chi connectivity index (χ0n) is 20.8. The number of aromatic hydroxyl groups is 1. The van der Waals surface area contributed by atoms with Crippen LogP contribution in [-0.4, -0.2) is 111 Å². The summed E-state index contributed by atoms with van der Waals surface area (Å²) < 4.78 is 27.5. The van der Waals surface area contributed by atoms with Crippen molar-refractivity contribution in [2.75, 3.05) is 19.8 Å². The van der Waals surface area contributed by atoms with Gasteiger partial charge in [-0.15, -0.1) is 0 Å². The Balaban J connectivity index is 1.44. The fourth-order valence-electron chi connectivity index (χ4n) is 4.12. The molecule has 6 N–H and O–H groups in total. The molecule has 0 aromatic heterocycles. The van der Waals surface area contributed by atoms with Gasteiger partial charge < -0.3 is 54.3 Å². The Morgan fingerprint density at radius 3 is 2.23 bits per heavy atom. The van der Waals surface area contributed by atoms with Crippen LogP contribution >= 0.6 is 0 Å². The Morgan fingerprint density at radius 1 is 0.974 bits per heavy atom. The van der Waals surface area contributed by atoms with Crippen molar-refractivity contribution in [3.05, 3.63) is 59.7 Å². The Morgan fingerprint density at radius 2 is 1.62 bits per heavy atom. The van der Waals surface area contributed by atoms with E-state index in [-0.39, 0.29) is 22.8 Å². The molecule has 2 fully saturated rings. The van der Waals surface area contributed by atoms with Gasteiger partial charge in [-0.1, -0.05) is 0 Å². The van der Waals surface area contributed by atoms with Gasteiger partial charge in [0.25, 0.3) is 0 Å². The predicted molar refractivity (Wildman–Crippen MR) is 129 cm³/mol. The molecule has 2 heterocycles. The molecule has 4 rings (SSSR count). The number of phenolic OH excluding ortho intramolecular Hbond substituents is 1. The molecule has 13 nitrogen and oxygen atoms in total. The Bertz CT molecular complexity index is 1140. The van der Waals surface area contributed by atoms with E-state index in [9.17, 15) is 40.2 Å². The topological polar surface area (TPSA) is 202 Å². The average molecular weight is 551 g/mol. The lowest BCUT2D eigenvalue weighted by Gasteiger charge is -2.42. The number of carbonyl (C=O) groups excluding carboxylic acids is 2. The van der Waals surface area contributed by atoms with Gasteiger partial charge in [0, 0.05) is 5.56 Å². The van der Waals surface area contributed by atoms with Crippen molar-refractivity contribution >= 4 is 11.8 Å². The van der Waals surface area contributed by atoms with Crippen LogP contribution in [0.4, 0.5) is 0 Å². The molecule has 0 amide bonds. The molecule has 2 aliphatic heterocycles. The van der Waals surface area contributed by atoms with Crippen LogP contribution in [0.2, 0.25) is 0 Å². The summed E-state index contributed by atoms with van der Waals surface area (Å²) in [5.74, 6) is -0.823. The standard InChI is InChI=1S/C26H30O13/c1-13(28)14-4-8-17(9-5-14)37-24-21(20(31)19(30)18(10-27)38-24)39-25-22(32)26(34,12-36-25)11-35-23(33)15-2-6-16(29)7-3-15/h2-9,18-22,24-25,27,29-32,34H,10-12H2,1H3. The molecular weight excluding hydrogens is 520 g/mol. The van der Waals surface area contributed by atoms with E-state index in [1.165, 1.54) is 55.5 Å². The van der Waals surface area contributed by atoms with Crippen LogP contribution in [0.15, 0.2) is 48.5 Å². The summed E-state index contributed by atoms with van der Waals surface area (Å²) in [4.78, 5) is 23.8. The number of phenols is 1. The Kier molecular flexibility index (Phi) is 8.83. The van der Waals surface area contributed by atoms with Gasteiger partial charge in [0.2, 0.25) is 6.29 Å². The van der Waals surface area contributed by atoms with E-state index in [4.69, 9.17) is 23.7 Å². The van der Waals surface area contributed by atoms with Gasteiger partial charge in [-0.25, -0.2) is 4.79 Å². The van der Waals surface area contributed by atoms with Crippen molar-refractivity contribution in [2.45, 2.75) is 55.6 Å². The largest absolute Gasteiger partial charge is 0.508 e. The molecule has 0 saturated carbocycles. The summed E-state index contributed by atoms with van der Waals surface area (Å²) in [5.41, 5.74) is -1.55. The quantitative estimate of drug-likeness (QED) is 0.166. The van der Waals surface area contributed by atoms with E-state index in [1.54, 1.807) is 0 Å². The van der Waals surface area contributed by atoms with Gasteiger partial charge in [-0.2, -0.15) is 0 Å². The number of benzene rings is 2. The van der Waals surface area contributed by atoms with E-state index < -0.39 is 74.5 Å². The maximum absolute atomic E-state index is 12.3. The molecule has 8 atom stereocenters. The van der Waals surface area contributed by atoms with Gasteiger partial charge in [0.1, 0.15) is 42.5 Å². The first-order valence-corrected chi connectivity index (χ1v) is 12.1. The summed E-state index contributed by atoms with van der Waals surface area (Å²) in [5, 5.41) is 61.6. The lowest BCUT2D eigenvalue weighted by molar-refractivity contribution is -0.318. The second-order valence-corrected chi connectivity index (χ2v) is 9.36. The van der Waals surface area contributed by atoms with Gasteiger partial charge in [0.05, 0.1) is 18.8 Å². The second kappa shape index (κ2) is 11.9. The molecule has 0 radical (unpaired) electrons. The number of hydrogen-bond acceptors (Lipinski definition) is 13. The highest BCUT2D eigenvalue weighted by atomic mass is 16.8. The maximum Gasteiger partial charge on any atom is 0.338 e. The number of ketones is 1. The highest BCUT2D eigenvalue weighted by Gasteiger charge is 2.54. The normalized spacial score (nSPS) is 32.5. The predicted octanol–water partition coefficient (Wildman–Crippen LogP) is -0.897. The summed E-state index contributed by atoms with van der Waals surface area (Å²) >= 11 is 0. The fraction of sp³-hybridized carbons (Fsp3) is 0.462. The van der Waals surface area contributed by atoms with Crippen LogP contribution in [0.5, 0.6) is 11.5 Å². The second-order valence-electron chi connectivity index (χ2n) is 9.36. The molecule has 8 unspecified atom stereocenters. The smallest absolute Gasteiger partial charge is 0.338 e. The van der Waals surface area contributed by atoms with Crippen molar-refractivity contribution in [2.24, 2.45) is 0 Å². The summed E-state index contributed by atoms with van der Waals surface area (Å²) in [6.07, 6.45) is -10.7. The number of aliphatic hydroxyl groups is 5. The summed E-state index contributed by atoms with van der Waals surface area (Å²) in [6.45, 7) is -0.431. The number of rotatable bonds is 9. The minimum atomic E-state index is -2.08. The van der Waals surface area contributed by atoms with Crippen LogP contribution in [0.3, 0.4) is 0 Å². The zero-order chi connectivity index (χ0) is 28.3. The third-order valence-electron chi connectivity index (χ3n) is 6.49. The van der Waals surface area contributed by atoms with Crippen molar-refractivity contribution < 1.29 is 63.9 Å². The fourth-order valence-corrected chi connectivity index (χ4v) is 4.12. The van der Waals surface area contributed by atoms with Gasteiger partial charge in [-0.05, 0) is 55.5 Å². The molecule has 2 aromatic carbocycles. The highest BCUT2D eigenvalue weighted by Crippen LogP contribution is 2.32. The van der Waals surface area contributed by atoms with E-state index in [1.807, 2.05) is 0 Å². The van der Waals surface area contributed by atoms with Crippen molar-refractivity contribution in [1.29, 1.82) is 0 Å². The van der Waals surface area contributed by atoms with Crippen LogP contribution < -0.4 is 4.74 Å². The minimum absolute atomic E-state index is 0.0514. The van der Waals surface area contributed by atoms with Crippen LogP contribution in [0, 0.1) is 0 Å². The van der Waals surface area contributed by atoms with E-state index in [0.29, 0.717) is 5.56 Å².